The highest BCUT2D eigenvalue weighted by atomic mass is 32.2. The van der Waals surface area contributed by atoms with Gasteiger partial charge in [-0.2, -0.15) is 22.0 Å². The molecule has 0 fully saturated rings. The van der Waals surface area contributed by atoms with E-state index in [0.29, 0.717) is 42.8 Å². The summed E-state index contributed by atoms with van der Waals surface area (Å²) in [5.41, 5.74) is 0. The van der Waals surface area contributed by atoms with Gasteiger partial charge in [0.1, 0.15) is 11.5 Å². The maximum absolute atomic E-state index is 12.0. The summed E-state index contributed by atoms with van der Waals surface area (Å²) >= 11 is 0.481. The van der Waals surface area contributed by atoms with Crippen molar-refractivity contribution in [1.82, 2.24) is 5.32 Å². The van der Waals surface area contributed by atoms with Crippen LogP contribution in [0.1, 0.15) is 30.8 Å². The van der Waals surface area contributed by atoms with Gasteiger partial charge < -0.3 is 9.73 Å². The molecule has 1 heterocycles. The number of rotatable bonds is 9. The number of alkyl halides is 5. The molecule has 0 atom stereocenters. The van der Waals surface area contributed by atoms with Gasteiger partial charge in [-0.25, -0.2) is 0 Å². The molecule has 0 aromatic carbocycles. The topological polar surface area (TPSA) is 25.2 Å². The molecule has 0 saturated carbocycles. The molecule has 1 aromatic rings. The molecule has 20 heavy (non-hydrogen) atoms. The lowest BCUT2D eigenvalue weighted by Crippen LogP contribution is -2.15. The summed E-state index contributed by atoms with van der Waals surface area (Å²) in [6.45, 7) is 0.837. The van der Waals surface area contributed by atoms with Crippen LogP contribution in [0.4, 0.5) is 22.0 Å². The Morgan fingerprint density at radius 3 is 2.50 bits per heavy atom. The SMILES string of the molecule is FC(F)SCc1ccc(CNCCCCC(F)(F)F)o1. The minimum atomic E-state index is -4.10. The molecule has 0 aliphatic carbocycles. The molecule has 0 aliphatic rings. The fourth-order valence-electron chi connectivity index (χ4n) is 1.53. The second-order valence-electron chi connectivity index (χ2n) is 4.19. The van der Waals surface area contributed by atoms with Crippen LogP contribution in [-0.4, -0.2) is 18.5 Å². The van der Waals surface area contributed by atoms with Gasteiger partial charge in [0.25, 0.3) is 5.76 Å². The Labute approximate surface area is 118 Å². The van der Waals surface area contributed by atoms with E-state index in [1.807, 2.05) is 0 Å². The maximum Gasteiger partial charge on any atom is 0.389 e. The molecule has 0 aliphatic heterocycles. The molecule has 0 radical (unpaired) electrons. The minimum absolute atomic E-state index is 0.0882. The Hall–Kier alpha value is -0.760. The van der Waals surface area contributed by atoms with E-state index in [1.165, 1.54) is 0 Å². The highest BCUT2D eigenvalue weighted by molar-refractivity contribution is 7.98. The summed E-state index contributed by atoms with van der Waals surface area (Å²) in [6.07, 6.45) is -4.36. The zero-order valence-electron chi connectivity index (χ0n) is 10.7. The van der Waals surface area contributed by atoms with Crippen LogP contribution in [0, 0.1) is 0 Å². The number of furan rings is 1. The van der Waals surface area contributed by atoms with Crippen molar-refractivity contribution in [2.45, 2.75) is 43.5 Å². The van der Waals surface area contributed by atoms with Crippen molar-refractivity contribution in [3.63, 3.8) is 0 Å². The largest absolute Gasteiger partial charge is 0.464 e. The average Bonchev–Trinajstić information content (AvgIpc) is 2.77. The van der Waals surface area contributed by atoms with Crippen LogP contribution in [-0.2, 0) is 12.3 Å². The van der Waals surface area contributed by atoms with Crippen LogP contribution >= 0.6 is 11.8 Å². The summed E-state index contributed by atoms with van der Waals surface area (Å²) in [5, 5.41) is 2.95. The van der Waals surface area contributed by atoms with Crippen LogP contribution in [0.5, 0.6) is 0 Å². The second-order valence-corrected chi connectivity index (χ2v) is 5.17. The van der Waals surface area contributed by atoms with Crippen LogP contribution in [0.2, 0.25) is 0 Å². The number of thioether (sulfide) groups is 1. The van der Waals surface area contributed by atoms with E-state index in [4.69, 9.17) is 4.42 Å². The lowest BCUT2D eigenvalue weighted by molar-refractivity contribution is -0.135. The van der Waals surface area contributed by atoms with E-state index in [9.17, 15) is 22.0 Å². The smallest absolute Gasteiger partial charge is 0.389 e. The summed E-state index contributed by atoms with van der Waals surface area (Å²) in [6, 6.07) is 3.29. The van der Waals surface area contributed by atoms with Gasteiger partial charge >= 0.3 is 6.18 Å². The number of unbranched alkanes of at least 4 members (excludes halogenated alkanes) is 1. The second kappa shape index (κ2) is 8.51. The van der Waals surface area contributed by atoms with Crippen molar-refractivity contribution in [1.29, 1.82) is 0 Å². The Kier molecular flexibility index (Phi) is 7.36. The number of halogens is 5. The first kappa shape index (κ1) is 17.3. The molecule has 1 N–H and O–H groups in total. The first-order chi connectivity index (χ1) is 9.37. The first-order valence-electron chi connectivity index (χ1n) is 6.11. The molecule has 1 rings (SSSR count). The molecule has 0 spiro atoms. The van der Waals surface area contributed by atoms with Gasteiger partial charge in [0, 0.05) is 6.42 Å². The van der Waals surface area contributed by atoms with Crippen molar-refractivity contribution < 1.29 is 26.4 Å². The Morgan fingerprint density at radius 2 is 1.85 bits per heavy atom. The summed E-state index contributed by atoms with van der Waals surface area (Å²) in [5.74, 6) is -1.28. The van der Waals surface area contributed by atoms with E-state index >= 15 is 0 Å². The molecule has 0 unspecified atom stereocenters. The molecular weight excluding hydrogens is 301 g/mol. The lowest BCUT2D eigenvalue weighted by atomic mass is 10.2. The van der Waals surface area contributed by atoms with Gasteiger partial charge in [0.05, 0.1) is 12.3 Å². The fourth-order valence-corrected chi connectivity index (χ4v) is 1.97. The molecule has 0 amide bonds. The van der Waals surface area contributed by atoms with Gasteiger partial charge in [-0.1, -0.05) is 11.8 Å². The summed E-state index contributed by atoms with van der Waals surface area (Å²) in [4.78, 5) is 0. The van der Waals surface area contributed by atoms with E-state index < -0.39 is 18.4 Å². The Bertz CT molecular complexity index is 380. The predicted molar refractivity (Wildman–Crippen MR) is 67.6 cm³/mol. The molecule has 1 aromatic heterocycles. The molecule has 8 heteroatoms. The molecule has 2 nitrogen and oxygen atoms in total. The standard InChI is InChI=1S/C12H16F5NOS/c13-11(14)20-8-10-4-3-9(19-10)7-18-6-2-1-5-12(15,16)17/h3-4,11,18H,1-2,5-8H2. The highest BCUT2D eigenvalue weighted by Crippen LogP contribution is 2.22. The van der Waals surface area contributed by atoms with Crippen molar-refractivity contribution in [3.8, 4) is 0 Å². The van der Waals surface area contributed by atoms with Crippen LogP contribution < -0.4 is 5.32 Å². The van der Waals surface area contributed by atoms with Gasteiger partial charge in [0.2, 0.25) is 0 Å². The van der Waals surface area contributed by atoms with Crippen LogP contribution in [0.3, 0.4) is 0 Å². The monoisotopic (exact) mass is 317 g/mol. The quantitative estimate of drug-likeness (QED) is 0.534. The molecule has 0 saturated heterocycles. The Balaban J connectivity index is 2.10. The minimum Gasteiger partial charge on any atom is -0.464 e. The fraction of sp³-hybridized carbons (Fsp3) is 0.667. The zero-order valence-corrected chi connectivity index (χ0v) is 11.5. The molecule has 0 bridgehead atoms. The van der Waals surface area contributed by atoms with Gasteiger partial charge in [-0.3, -0.25) is 0 Å². The number of nitrogens with one attached hydrogen (secondary N) is 1. The maximum atomic E-state index is 12.0. The molecular formula is C12H16F5NOS. The van der Waals surface area contributed by atoms with Gasteiger partial charge in [0.15, 0.2) is 0 Å². The third-order valence-corrected chi connectivity index (χ3v) is 3.14. The predicted octanol–water partition coefficient (Wildman–Crippen LogP) is 4.56. The summed E-state index contributed by atoms with van der Waals surface area (Å²) < 4.78 is 64.8. The van der Waals surface area contributed by atoms with Crippen molar-refractivity contribution in [2.75, 3.05) is 6.54 Å². The Morgan fingerprint density at radius 1 is 1.15 bits per heavy atom. The van der Waals surface area contributed by atoms with Gasteiger partial charge in [-0.05, 0) is 31.5 Å². The average molecular weight is 317 g/mol. The van der Waals surface area contributed by atoms with Crippen LogP contribution in [0.25, 0.3) is 0 Å². The van der Waals surface area contributed by atoms with Crippen molar-refractivity contribution in [3.05, 3.63) is 23.7 Å². The third-order valence-electron chi connectivity index (χ3n) is 2.43. The number of hydrogen-bond acceptors (Lipinski definition) is 3. The summed E-state index contributed by atoms with van der Waals surface area (Å²) in [7, 11) is 0. The van der Waals surface area contributed by atoms with E-state index in [-0.39, 0.29) is 12.2 Å². The van der Waals surface area contributed by atoms with E-state index in [2.05, 4.69) is 5.32 Å². The normalized spacial score (nSPS) is 12.3. The highest BCUT2D eigenvalue weighted by Gasteiger charge is 2.25. The lowest BCUT2D eigenvalue weighted by Gasteiger charge is -2.06. The third kappa shape index (κ3) is 8.42. The van der Waals surface area contributed by atoms with E-state index in [0.717, 1.165) is 0 Å². The number of hydrogen-bond donors (Lipinski definition) is 1. The van der Waals surface area contributed by atoms with Crippen molar-refractivity contribution >= 4 is 11.8 Å². The van der Waals surface area contributed by atoms with Crippen molar-refractivity contribution in [2.24, 2.45) is 0 Å². The van der Waals surface area contributed by atoms with Crippen LogP contribution in [0.15, 0.2) is 16.5 Å². The van der Waals surface area contributed by atoms with Gasteiger partial charge in [-0.15, -0.1) is 0 Å². The molecule has 116 valence electrons. The van der Waals surface area contributed by atoms with E-state index in [1.54, 1.807) is 12.1 Å². The zero-order chi connectivity index (χ0) is 15.0. The first-order valence-corrected chi connectivity index (χ1v) is 7.16.